The van der Waals surface area contributed by atoms with Gasteiger partial charge in [-0.15, -0.1) is 0 Å². The first kappa shape index (κ1) is 22.0. The molecule has 1 saturated carbocycles. The fourth-order valence-corrected chi connectivity index (χ4v) is 3.82. The van der Waals surface area contributed by atoms with Crippen molar-refractivity contribution in [2.75, 3.05) is 11.9 Å². The molecule has 2 heterocycles. The van der Waals surface area contributed by atoms with Gasteiger partial charge in [-0.2, -0.15) is 5.10 Å². The van der Waals surface area contributed by atoms with Gasteiger partial charge in [0.2, 0.25) is 0 Å². The third-order valence-electron chi connectivity index (χ3n) is 5.63. The Labute approximate surface area is 188 Å². The summed E-state index contributed by atoms with van der Waals surface area (Å²) in [5, 5.41) is 11.3. The maximum atomic E-state index is 13.4. The number of aryl methyl sites for hydroxylation is 1. The number of hydrogen-bond donors (Lipinski definition) is 2. The van der Waals surface area contributed by atoms with Crippen LogP contribution in [0.3, 0.4) is 0 Å². The molecule has 2 N–H and O–H groups in total. The summed E-state index contributed by atoms with van der Waals surface area (Å²) in [6.45, 7) is 10.8. The van der Waals surface area contributed by atoms with E-state index in [0.717, 1.165) is 41.7 Å². The molecule has 0 spiro atoms. The van der Waals surface area contributed by atoms with Crippen LogP contribution in [0.2, 0.25) is 0 Å². The summed E-state index contributed by atoms with van der Waals surface area (Å²) in [5.74, 6) is 0.0368. The van der Waals surface area contributed by atoms with Crippen LogP contribution in [0.1, 0.15) is 85.0 Å². The van der Waals surface area contributed by atoms with E-state index in [4.69, 9.17) is 10.1 Å². The Morgan fingerprint density at radius 2 is 1.91 bits per heavy atom. The summed E-state index contributed by atoms with van der Waals surface area (Å²) in [6.07, 6.45) is 3.05. The lowest BCUT2D eigenvalue weighted by atomic mass is 10.1. The Hall–Kier alpha value is -3.22. The highest BCUT2D eigenvalue weighted by Gasteiger charge is 2.30. The van der Waals surface area contributed by atoms with Crippen molar-refractivity contribution in [1.82, 2.24) is 20.1 Å². The third kappa shape index (κ3) is 4.38. The molecule has 1 aliphatic rings. The number of anilines is 1. The average Bonchev–Trinajstić information content (AvgIpc) is 3.54. The molecule has 168 valence electrons. The number of aromatic nitrogens is 3. The summed E-state index contributed by atoms with van der Waals surface area (Å²) < 4.78 is 1.92. The Kier molecular flexibility index (Phi) is 5.75. The molecule has 1 aromatic carbocycles. The molecule has 2 aromatic heterocycles. The van der Waals surface area contributed by atoms with Gasteiger partial charge in [-0.05, 0) is 71.2 Å². The van der Waals surface area contributed by atoms with Gasteiger partial charge in [-0.1, -0.05) is 13.0 Å². The van der Waals surface area contributed by atoms with Crippen molar-refractivity contribution in [1.29, 1.82) is 0 Å². The number of rotatable bonds is 6. The Bertz CT molecular complexity index is 1180. The second kappa shape index (κ2) is 8.37. The Balaban J connectivity index is 1.71. The molecule has 0 unspecified atom stereocenters. The Morgan fingerprint density at radius 3 is 2.56 bits per heavy atom. The van der Waals surface area contributed by atoms with Gasteiger partial charge >= 0.3 is 0 Å². The summed E-state index contributed by atoms with van der Waals surface area (Å²) in [6, 6.07) is 8.93. The molecule has 32 heavy (non-hydrogen) atoms. The summed E-state index contributed by atoms with van der Waals surface area (Å²) in [5.41, 5.74) is 3.89. The topological polar surface area (TPSA) is 88.9 Å². The van der Waals surface area contributed by atoms with Gasteiger partial charge < -0.3 is 10.6 Å². The van der Waals surface area contributed by atoms with Crippen molar-refractivity contribution >= 4 is 28.5 Å². The molecule has 0 radical (unpaired) electrons. The molecule has 0 bridgehead atoms. The number of carbonyl (C=O) groups is 2. The van der Waals surface area contributed by atoms with Crippen molar-refractivity contribution in [3.63, 3.8) is 0 Å². The predicted octanol–water partition coefficient (Wildman–Crippen LogP) is 4.76. The minimum Gasteiger partial charge on any atom is -0.352 e. The van der Waals surface area contributed by atoms with Gasteiger partial charge in [-0.3, -0.25) is 9.59 Å². The number of nitrogens with one attached hydrogen (secondary N) is 2. The fourth-order valence-electron chi connectivity index (χ4n) is 3.82. The van der Waals surface area contributed by atoms with E-state index in [2.05, 4.69) is 31.4 Å². The van der Waals surface area contributed by atoms with E-state index in [1.165, 1.54) is 0 Å². The molecule has 3 aromatic rings. The van der Waals surface area contributed by atoms with E-state index in [1.807, 2.05) is 24.6 Å². The van der Waals surface area contributed by atoms with Gasteiger partial charge in [0, 0.05) is 29.4 Å². The molecule has 1 aliphatic carbocycles. The number of benzene rings is 1. The van der Waals surface area contributed by atoms with Crippen LogP contribution < -0.4 is 10.6 Å². The van der Waals surface area contributed by atoms with E-state index in [1.54, 1.807) is 24.3 Å². The number of pyridine rings is 1. The first-order chi connectivity index (χ1) is 15.2. The van der Waals surface area contributed by atoms with Crippen molar-refractivity contribution in [3.05, 3.63) is 52.8 Å². The average molecular weight is 434 g/mol. The maximum absolute atomic E-state index is 13.4. The summed E-state index contributed by atoms with van der Waals surface area (Å²) in [4.78, 5) is 30.6. The third-order valence-corrected chi connectivity index (χ3v) is 5.63. The normalized spacial score (nSPS) is 13.9. The fraction of sp³-hybridized carbons (Fsp3) is 0.440. The second-order valence-electron chi connectivity index (χ2n) is 9.53. The van der Waals surface area contributed by atoms with Gasteiger partial charge in [0.05, 0.1) is 22.2 Å². The van der Waals surface area contributed by atoms with Crippen molar-refractivity contribution in [3.8, 4) is 0 Å². The number of fused-ring (bicyclic) bond motifs is 1. The lowest BCUT2D eigenvalue weighted by Gasteiger charge is -2.20. The van der Waals surface area contributed by atoms with Gasteiger partial charge in [0.25, 0.3) is 11.8 Å². The van der Waals surface area contributed by atoms with Crippen LogP contribution >= 0.6 is 0 Å². The molecular formula is C25H31N5O2. The van der Waals surface area contributed by atoms with Gasteiger partial charge in [-0.25, -0.2) is 9.67 Å². The second-order valence-corrected chi connectivity index (χ2v) is 9.53. The SMILES string of the molecule is CCCNC(=O)c1cccc(NC(=O)c2cc(C3CC3)nc3c2c(C)nn3C(C)(C)C)c1. The van der Waals surface area contributed by atoms with Crippen molar-refractivity contribution < 1.29 is 9.59 Å². The van der Waals surface area contributed by atoms with Gasteiger partial charge in [0.1, 0.15) is 0 Å². The van der Waals surface area contributed by atoms with Crippen molar-refractivity contribution in [2.24, 2.45) is 0 Å². The number of nitrogens with zero attached hydrogens (tertiary/aromatic N) is 3. The minimum atomic E-state index is -0.254. The molecule has 2 amide bonds. The zero-order chi connectivity index (χ0) is 23.0. The predicted molar refractivity (Wildman–Crippen MR) is 126 cm³/mol. The van der Waals surface area contributed by atoms with E-state index < -0.39 is 0 Å². The first-order valence-corrected chi connectivity index (χ1v) is 11.3. The van der Waals surface area contributed by atoms with Crippen LogP contribution in [0.25, 0.3) is 11.0 Å². The largest absolute Gasteiger partial charge is 0.352 e. The Morgan fingerprint density at radius 1 is 1.16 bits per heavy atom. The van der Waals surface area contributed by atoms with E-state index in [9.17, 15) is 9.59 Å². The monoisotopic (exact) mass is 433 g/mol. The highest BCUT2D eigenvalue weighted by Crippen LogP contribution is 2.41. The van der Waals surface area contributed by atoms with Crippen LogP contribution in [-0.2, 0) is 5.54 Å². The van der Waals surface area contributed by atoms with Crippen molar-refractivity contribution in [2.45, 2.75) is 65.3 Å². The van der Waals surface area contributed by atoms with Crippen LogP contribution in [0, 0.1) is 6.92 Å². The van der Waals surface area contributed by atoms with E-state index >= 15 is 0 Å². The number of carbonyl (C=O) groups excluding carboxylic acids is 2. The molecule has 4 rings (SSSR count). The quantitative estimate of drug-likeness (QED) is 0.586. The summed E-state index contributed by atoms with van der Waals surface area (Å²) in [7, 11) is 0. The lowest BCUT2D eigenvalue weighted by Crippen LogP contribution is -2.24. The van der Waals surface area contributed by atoms with Crippen LogP contribution in [0.15, 0.2) is 30.3 Å². The lowest BCUT2D eigenvalue weighted by molar-refractivity contribution is 0.0952. The molecule has 0 atom stereocenters. The molecule has 7 nitrogen and oxygen atoms in total. The van der Waals surface area contributed by atoms with E-state index in [-0.39, 0.29) is 17.4 Å². The van der Waals surface area contributed by atoms with Crippen LogP contribution in [0.5, 0.6) is 0 Å². The smallest absolute Gasteiger partial charge is 0.256 e. The van der Waals surface area contributed by atoms with Crippen LogP contribution in [-0.4, -0.2) is 33.1 Å². The zero-order valence-corrected chi connectivity index (χ0v) is 19.5. The molecule has 0 aliphatic heterocycles. The molecular weight excluding hydrogens is 402 g/mol. The van der Waals surface area contributed by atoms with E-state index in [0.29, 0.717) is 29.3 Å². The zero-order valence-electron chi connectivity index (χ0n) is 19.5. The number of amides is 2. The molecule has 0 saturated heterocycles. The maximum Gasteiger partial charge on any atom is 0.256 e. The highest BCUT2D eigenvalue weighted by atomic mass is 16.2. The minimum absolute atomic E-state index is 0.146. The molecule has 7 heteroatoms. The molecule has 1 fully saturated rings. The number of hydrogen-bond acceptors (Lipinski definition) is 4. The standard InChI is InChI=1S/C25H31N5O2/c1-6-12-26-23(31)17-8-7-9-18(13-17)27-24(32)19-14-20(16-10-11-16)28-22-21(19)15(2)29-30(22)25(3,4)5/h7-9,13-14,16H,6,10-12H2,1-5H3,(H,26,31)(H,27,32). The first-order valence-electron chi connectivity index (χ1n) is 11.3. The van der Waals surface area contributed by atoms with Crippen LogP contribution in [0.4, 0.5) is 5.69 Å². The highest BCUT2D eigenvalue weighted by molar-refractivity contribution is 6.13. The van der Waals surface area contributed by atoms with Gasteiger partial charge in [0.15, 0.2) is 5.65 Å². The summed E-state index contributed by atoms with van der Waals surface area (Å²) >= 11 is 0.